The maximum atomic E-state index is 12.9. The van der Waals surface area contributed by atoms with E-state index in [1.165, 1.54) is 11.1 Å². The Kier molecular flexibility index (Phi) is 14.6. The maximum Gasteiger partial charge on any atom is 0.407 e. The van der Waals surface area contributed by atoms with Crippen LogP contribution in [0.3, 0.4) is 0 Å². The van der Waals surface area contributed by atoms with Gasteiger partial charge in [0.15, 0.2) is 0 Å². The standard InChI is InChI=1S/C25H32N2O4.C21H23NO2/c1-3-17-26-24(29)31-20-13-15-25(16-14-20,19-9-5-4-6-10-19)18-27-23(28)21-11-7-8-12-22(21)30-2;1-16-7-5-6-10-19(16)20(24)22-15-21(13-11-18(23)12-14-21)17-8-3-2-4-9-17/h4-12,20H,3,13-18H2,1-2H3,(H,26,29)(H,27,28);2-10H,11-15H2,1H3,(H,22,24). The highest BCUT2D eigenvalue weighted by Crippen LogP contribution is 2.40. The number of para-hydroxylation sites is 1. The number of methoxy groups -OCH3 is 1. The smallest absolute Gasteiger partial charge is 0.407 e. The molecule has 55 heavy (non-hydrogen) atoms. The van der Waals surface area contributed by atoms with Crippen LogP contribution in [0.25, 0.3) is 0 Å². The van der Waals surface area contributed by atoms with E-state index in [-0.39, 0.29) is 34.8 Å². The molecule has 9 nitrogen and oxygen atoms in total. The zero-order valence-corrected chi connectivity index (χ0v) is 32.4. The molecule has 0 unspecified atom stereocenters. The summed E-state index contributed by atoms with van der Waals surface area (Å²) in [7, 11) is 1.56. The molecule has 4 aromatic carbocycles. The number of alkyl carbamates (subject to hydrolysis) is 1. The SMILES string of the molecule is CCCNC(=O)OC1CCC(CNC(=O)c2ccccc2OC)(c2ccccc2)CC1.Cc1ccccc1C(=O)NCC1(c2ccccc2)CCC(=O)CC1. The Morgan fingerprint density at radius 1 is 0.655 bits per heavy atom. The van der Waals surface area contributed by atoms with Crippen LogP contribution >= 0.6 is 0 Å². The maximum absolute atomic E-state index is 12.9. The van der Waals surface area contributed by atoms with Crippen molar-refractivity contribution >= 4 is 23.7 Å². The van der Waals surface area contributed by atoms with Crippen molar-refractivity contribution in [3.63, 3.8) is 0 Å². The molecular formula is C46H55N3O6. The Morgan fingerprint density at radius 2 is 1.15 bits per heavy atom. The number of rotatable bonds is 12. The third-order valence-electron chi connectivity index (χ3n) is 11.1. The molecule has 0 spiro atoms. The zero-order valence-electron chi connectivity index (χ0n) is 32.4. The monoisotopic (exact) mass is 745 g/mol. The van der Waals surface area contributed by atoms with E-state index in [1.807, 2.05) is 86.6 Å². The Bertz CT molecular complexity index is 1860. The minimum absolute atomic E-state index is 0.0414. The van der Waals surface area contributed by atoms with Crippen LogP contribution in [0.5, 0.6) is 5.75 Å². The molecule has 0 saturated heterocycles. The predicted octanol–water partition coefficient (Wildman–Crippen LogP) is 8.25. The lowest BCUT2D eigenvalue weighted by Crippen LogP contribution is -2.45. The molecule has 0 radical (unpaired) electrons. The number of carbonyl (C=O) groups is 4. The normalized spacial score (nSPS) is 18.8. The average Bonchev–Trinajstić information content (AvgIpc) is 3.23. The molecule has 9 heteroatoms. The fourth-order valence-electron chi connectivity index (χ4n) is 7.76. The van der Waals surface area contributed by atoms with Crippen LogP contribution in [0.15, 0.2) is 109 Å². The first-order valence-electron chi connectivity index (χ1n) is 19.5. The van der Waals surface area contributed by atoms with Crippen molar-refractivity contribution in [2.24, 2.45) is 0 Å². The molecule has 0 atom stereocenters. The van der Waals surface area contributed by atoms with Crippen molar-refractivity contribution in [3.05, 3.63) is 137 Å². The van der Waals surface area contributed by atoms with Gasteiger partial charge in [-0.15, -0.1) is 0 Å². The van der Waals surface area contributed by atoms with E-state index < -0.39 is 0 Å². The van der Waals surface area contributed by atoms with Gasteiger partial charge in [-0.05, 0) is 86.8 Å². The Labute approximate surface area is 325 Å². The third kappa shape index (κ3) is 10.8. The van der Waals surface area contributed by atoms with E-state index in [0.29, 0.717) is 55.1 Å². The van der Waals surface area contributed by atoms with E-state index in [0.717, 1.165) is 50.5 Å². The fourth-order valence-corrected chi connectivity index (χ4v) is 7.76. The van der Waals surface area contributed by atoms with Crippen molar-refractivity contribution in [2.45, 2.75) is 88.6 Å². The number of Topliss-reactive ketones (excluding diaryl/α,β-unsaturated/α-hetero) is 1. The summed E-state index contributed by atoms with van der Waals surface area (Å²) < 4.78 is 10.9. The van der Waals surface area contributed by atoms with E-state index in [9.17, 15) is 19.2 Å². The molecule has 290 valence electrons. The summed E-state index contributed by atoms with van der Waals surface area (Å²) in [5.41, 5.74) is 4.28. The van der Waals surface area contributed by atoms with Gasteiger partial charge >= 0.3 is 6.09 Å². The number of hydrogen-bond donors (Lipinski definition) is 3. The van der Waals surface area contributed by atoms with Gasteiger partial charge < -0.3 is 25.4 Å². The van der Waals surface area contributed by atoms with Gasteiger partial charge in [0, 0.05) is 48.9 Å². The number of amides is 3. The molecule has 6 rings (SSSR count). The minimum Gasteiger partial charge on any atom is -0.496 e. The van der Waals surface area contributed by atoms with Crippen LogP contribution in [0.4, 0.5) is 4.79 Å². The molecule has 2 aliphatic rings. The molecule has 0 aromatic heterocycles. The number of carbonyl (C=O) groups excluding carboxylic acids is 4. The van der Waals surface area contributed by atoms with E-state index >= 15 is 0 Å². The largest absolute Gasteiger partial charge is 0.496 e. The highest BCUT2D eigenvalue weighted by Gasteiger charge is 2.39. The molecule has 2 aliphatic carbocycles. The highest BCUT2D eigenvalue weighted by molar-refractivity contribution is 5.97. The molecule has 2 fully saturated rings. The number of hydrogen-bond acceptors (Lipinski definition) is 6. The van der Waals surface area contributed by atoms with Gasteiger partial charge in [0.05, 0.1) is 12.7 Å². The third-order valence-corrected chi connectivity index (χ3v) is 11.1. The lowest BCUT2D eigenvalue weighted by atomic mass is 9.68. The van der Waals surface area contributed by atoms with Crippen LogP contribution in [-0.4, -0.2) is 56.5 Å². The van der Waals surface area contributed by atoms with Gasteiger partial charge in [-0.3, -0.25) is 14.4 Å². The van der Waals surface area contributed by atoms with E-state index in [2.05, 4.69) is 40.2 Å². The summed E-state index contributed by atoms with van der Waals surface area (Å²) in [6.07, 6.45) is 6.39. The van der Waals surface area contributed by atoms with Gasteiger partial charge in [-0.2, -0.15) is 0 Å². The number of nitrogens with one attached hydrogen (secondary N) is 3. The Morgan fingerprint density at radius 3 is 1.69 bits per heavy atom. The summed E-state index contributed by atoms with van der Waals surface area (Å²) >= 11 is 0. The average molecular weight is 746 g/mol. The summed E-state index contributed by atoms with van der Waals surface area (Å²) in [6, 6.07) is 35.4. The molecule has 3 amide bonds. The lowest BCUT2D eigenvalue weighted by molar-refractivity contribution is -0.121. The zero-order chi connectivity index (χ0) is 39.1. The summed E-state index contributed by atoms with van der Waals surface area (Å²) in [5, 5.41) is 9.01. The number of ether oxygens (including phenoxy) is 2. The molecule has 0 aliphatic heterocycles. The van der Waals surface area contributed by atoms with Gasteiger partial charge in [0.25, 0.3) is 11.8 Å². The van der Waals surface area contributed by atoms with Crippen LogP contribution < -0.4 is 20.7 Å². The van der Waals surface area contributed by atoms with Gasteiger partial charge in [-0.1, -0.05) is 97.9 Å². The topological polar surface area (TPSA) is 123 Å². The van der Waals surface area contributed by atoms with Crippen molar-refractivity contribution in [2.75, 3.05) is 26.7 Å². The summed E-state index contributed by atoms with van der Waals surface area (Å²) in [6.45, 7) is 5.66. The second-order valence-corrected chi connectivity index (χ2v) is 14.7. The summed E-state index contributed by atoms with van der Waals surface area (Å²) in [4.78, 5) is 49.1. The van der Waals surface area contributed by atoms with Crippen LogP contribution in [0.2, 0.25) is 0 Å². The molecule has 3 N–H and O–H groups in total. The number of benzene rings is 4. The first kappa shape index (κ1) is 40.7. The first-order valence-corrected chi connectivity index (χ1v) is 19.5. The van der Waals surface area contributed by atoms with Crippen LogP contribution in [-0.2, 0) is 20.4 Å². The Balaban J connectivity index is 0.000000218. The van der Waals surface area contributed by atoms with Crippen molar-refractivity contribution in [3.8, 4) is 5.75 Å². The second-order valence-electron chi connectivity index (χ2n) is 14.7. The molecule has 4 aromatic rings. The van der Waals surface area contributed by atoms with E-state index in [1.54, 1.807) is 19.2 Å². The van der Waals surface area contributed by atoms with Crippen LogP contribution in [0.1, 0.15) is 102 Å². The lowest BCUT2D eigenvalue weighted by Gasteiger charge is -2.40. The van der Waals surface area contributed by atoms with Crippen molar-refractivity contribution in [1.82, 2.24) is 16.0 Å². The van der Waals surface area contributed by atoms with Crippen molar-refractivity contribution < 1.29 is 28.7 Å². The van der Waals surface area contributed by atoms with Gasteiger partial charge in [0.2, 0.25) is 0 Å². The van der Waals surface area contributed by atoms with Crippen LogP contribution in [0, 0.1) is 6.92 Å². The fraction of sp³-hybridized carbons (Fsp3) is 0.391. The molecule has 2 saturated carbocycles. The minimum atomic E-state index is -0.344. The van der Waals surface area contributed by atoms with Gasteiger partial charge in [-0.25, -0.2) is 4.79 Å². The molecule has 0 heterocycles. The molecule has 0 bridgehead atoms. The number of aryl methyl sites for hydroxylation is 1. The van der Waals surface area contributed by atoms with Gasteiger partial charge in [0.1, 0.15) is 17.6 Å². The van der Waals surface area contributed by atoms with Crippen molar-refractivity contribution in [1.29, 1.82) is 0 Å². The first-order chi connectivity index (χ1) is 26.7. The second kappa shape index (κ2) is 19.8. The number of ketones is 1. The Hall–Kier alpha value is -5.44. The quantitative estimate of drug-likeness (QED) is 0.134. The highest BCUT2D eigenvalue weighted by atomic mass is 16.6. The van der Waals surface area contributed by atoms with E-state index in [4.69, 9.17) is 9.47 Å². The predicted molar refractivity (Wildman–Crippen MR) is 216 cm³/mol. The molecular weight excluding hydrogens is 691 g/mol. The summed E-state index contributed by atoms with van der Waals surface area (Å²) in [5.74, 6) is 0.695.